The first kappa shape index (κ1) is 15.9. The van der Waals surface area contributed by atoms with E-state index in [-0.39, 0.29) is 28.0 Å². The molecule has 128 valence electrons. The lowest BCUT2D eigenvalue weighted by Gasteiger charge is -2.08. The van der Waals surface area contributed by atoms with Gasteiger partial charge < -0.3 is 5.32 Å². The molecule has 0 atom stereocenters. The number of anilines is 1. The van der Waals surface area contributed by atoms with Crippen molar-refractivity contribution in [1.29, 1.82) is 0 Å². The van der Waals surface area contributed by atoms with Crippen LogP contribution in [0.4, 0.5) is 14.5 Å². The quantitative estimate of drug-likeness (QED) is 0.715. The maximum atomic E-state index is 13.4. The van der Waals surface area contributed by atoms with Crippen molar-refractivity contribution in [2.45, 2.75) is 25.2 Å². The average molecular weight is 364 g/mol. The molecule has 6 nitrogen and oxygen atoms in total. The average Bonchev–Trinajstić information content (AvgIpc) is 3.35. The minimum Gasteiger partial charge on any atom is -0.319 e. The van der Waals surface area contributed by atoms with Crippen LogP contribution >= 0.6 is 11.6 Å². The fraction of sp³-hybridized carbons (Fsp3) is 0.250. The largest absolute Gasteiger partial charge is 0.319 e. The molecule has 4 rings (SSSR count). The van der Waals surface area contributed by atoms with Crippen molar-refractivity contribution in [3.63, 3.8) is 0 Å². The molecule has 3 aromatic rings. The molecular weight excluding hydrogens is 352 g/mol. The smallest absolute Gasteiger partial charge is 0.280 e. The molecule has 9 heteroatoms. The Labute approximate surface area is 145 Å². The number of nitrogens with one attached hydrogen (secondary N) is 1. The molecule has 3 heterocycles. The number of rotatable bonds is 4. The molecule has 1 N–H and O–H groups in total. The van der Waals surface area contributed by atoms with Gasteiger partial charge in [0.25, 0.3) is 12.3 Å². The van der Waals surface area contributed by atoms with Gasteiger partial charge in [-0.05, 0) is 31.0 Å². The van der Waals surface area contributed by atoms with E-state index < -0.39 is 12.3 Å². The van der Waals surface area contributed by atoms with Crippen molar-refractivity contribution < 1.29 is 13.6 Å². The zero-order chi connectivity index (χ0) is 17.6. The zero-order valence-corrected chi connectivity index (χ0v) is 13.5. The number of hydrogen-bond acceptors (Lipinski definition) is 4. The van der Waals surface area contributed by atoms with E-state index in [0.717, 1.165) is 17.4 Å². The highest BCUT2D eigenvalue weighted by Gasteiger charge is 2.29. The Balaban J connectivity index is 1.77. The molecule has 25 heavy (non-hydrogen) atoms. The van der Waals surface area contributed by atoms with Crippen LogP contribution in [0.2, 0.25) is 5.15 Å². The third-order valence-electron chi connectivity index (χ3n) is 3.99. The summed E-state index contributed by atoms with van der Waals surface area (Å²) in [6, 6.07) is 4.57. The van der Waals surface area contributed by atoms with E-state index in [9.17, 15) is 13.6 Å². The number of carbonyl (C=O) groups is 1. The Morgan fingerprint density at radius 1 is 1.40 bits per heavy atom. The molecule has 0 bridgehead atoms. The van der Waals surface area contributed by atoms with Gasteiger partial charge in [0.1, 0.15) is 11.3 Å². The van der Waals surface area contributed by atoms with Crippen LogP contribution in [-0.4, -0.2) is 25.5 Å². The zero-order valence-electron chi connectivity index (χ0n) is 12.8. The second-order valence-corrected chi connectivity index (χ2v) is 6.13. The maximum Gasteiger partial charge on any atom is 0.280 e. The standard InChI is InChI=1S/C16H12ClF2N5O/c17-13-10(2-1-5-20-13)23-16(25)9-7-21-24-12(14(18)19)6-11(8-3-4-8)22-15(9)24/h1-2,5-8,14H,3-4H2,(H,23,25). The van der Waals surface area contributed by atoms with Crippen molar-refractivity contribution >= 4 is 28.8 Å². The Bertz CT molecular complexity index is 970. The summed E-state index contributed by atoms with van der Waals surface area (Å²) in [5.74, 6) is -0.369. The summed E-state index contributed by atoms with van der Waals surface area (Å²) in [7, 11) is 0. The minimum absolute atomic E-state index is 0.101. The molecule has 0 spiro atoms. The van der Waals surface area contributed by atoms with Gasteiger partial charge in [0.15, 0.2) is 10.8 Å². The predicted octanol–water partition coefficient (Wildman–Crippen LogP) is 3.85. The first-order valence-corrected chi connectivity index (χ1v) is 8.01. The summed E-state index contributed by atoms with van der Waals surface area (Å²) in [6.45, 7) is 0. The monoisotopic (exact) mass is 363 g/mol. The van der Waals surface area contributed by atoms with E-state index in [1.165, 1.54) is 18.5 Å². The summed E-state index contributed by atoms with van der Waals surface area (Å²) in [5, 5.41) is 6.65. The molecule has 1 aliphatic rings. The molecule has 3 aromatic heterocycles. The molecule has 0 radical (unpaired) electrons. The van der Waals surface area contributed by atoms with Crippen LogP contribution in [-0.2, 0) is 0 Å². The van der Waals surface area contributed by atoms with Crippen LogP contribution in [0, 0.1) is 0 Å². The lowest BCUT2D eigenvalue weighted by Crippen LogP contribution is -2.13. The molecule has 0 aliphatic heterocycles. The van der Waals surface area contributed by atoms with Crippen molar-refractivity contribution in [3.05, 3.63) is 52.7 Å². The Morgan fingerprint density at radius 2 is 2.20 bits per heavy atom. The SMILES string of the molecule is O=C(Nc1cccnc1Cl)c1cnn2c(C(F)F)cc(C3CC3)nc12. The molecule has 1 amide bonds. The normalized spacial score (nSPS) is 14.2. The van der Waals surface area contributed by atoms with Crippen molar-refractivity contribution in [2.24, 2.45) is 0 Å². The first-order valence-electron chi connectivity index (χ1n) is 7.63. The summed E-state index contributed by atoms with van der Waals surface area (Å²) >= 11 is 5.93. The van der Waals surface area contributed by atoms with Gasteiger partial charge in [-0.2, -0.15) is 5.10 Å². The highest BCUT2D eigenvalue weighted by Crippen LogP contribution is 2.40. The third-order valence-corrected chi connectivity index (χ3v) is 4.29. The van der Waals surface area contributed by atoms with Gasteiger partial charge in [-0.15, -0.1) is 0 Å². The Morgan fingerprint density at radius 3 is 2.88 bits per heavy atom. The fourth-order valence-corrected chi connectivity index (χ4v) is 2.75. The second-order valence-electron chi connectivity index (χ2n) is 5.77. The number of aromatic nitrogens is 4. The van der Waals surface area contributed by atoms with Crippen LogP contribution in [0.5, 0.6) is 0 Å². The van der Waals surface area contributed by atoms with Gasteiger partial charge >= 0.3 is 0 Å². The number of pyridine rings is 1. The van der Waals surface area contributed by atoms with E-state index in [2.05, 4.69) is 20.4 Å². The molecular formula is C16H12ClF2N5O. The number of halogens is 3. The summed E-state index contributed by atoms with van der Waals surface area (Å²) in [6.07, 6.45) is 1.82. The third kappa shape index (κ3) is 2.93. The van der Waals surface area contributed by atoms with Crippen molar-refractivity contribution in [2.75, 3.05) is 5.32 Å². The van der Waals surface area contributed by atoms with Crippen molar-refractivity contribution in [1.82, 2.24) is 19.6 Å². The number of amides is 1. The summed E-state index contributed by atoms with van der Waals surface area (Å²) < 4.78 is 27.7. The fourth-order valence-electron chi connectivity index (χ4n) is 2.58. The van der Waals surface area contributed by atoms with Gasteiger partial charge in [-0.25, -0.2) is 23.3 Å². The van der Waals surface area contributed by atoms with Crippen LogP contribution in [0.25, 0.3) is 5.65 Å². The van der Waals surface area contributed by atoms with E-state index in [1.807, 2.05) is 0 Å². The molecule has 1 aliphatic carbocycles. The number of hydrogen-bond donors (Lipinski definition) is 1. The summed E-state index contributed by atoms with van der Waals surface area (Å²) in [5.41, 5.74) is 0.824. The number of nitrogens with zero attached hydrogens (tertiary/aromatic N) is 4. The van der Waals surface area contributed by atoms with Crippen LogP contribution in [0.15, 0.2) is 30.6 Å². The van der Waals surface area contributed by atoms with Crippen LogP contribution < -0.4 is 5.32 Å². The summed E-state index contributed by atoms with van der Waals surface area (Å²) in [4.78, 5) is 20.8. The molecule has 1 saturated carbocycles. The highest BCUT2D eigenvalue weighted by molar-refractivity contribution is 6.32. The van der Waals surface area contributed by atoms with Gasteiger partial charge in [0.2, 0.25) is 0 Å². The van der Waals surface area contributed by atoms with Crippen molar-refractivity contribution in [3.8, 4) is 0 Å². The molecule has 0 saturated heterocycles. The molecule has 0 aromatic carbocycles. The molecule has 1 fully saturated rings. The Kier molecular flexibility index (Phi) is 3.84. The highest BCUT2D eigenvalue weighted by atomic mass is 35.5. The van der Waals surface area contributed by atoms with Gasteiger partial charge in [-0.1, -0.05) is 11.6 Å². The first-order chi connectivity index (χ1) is 12.0. The van der Waals surface area contributed by atoms with E-state index in [1.54, 1.807) is 12.1 Å². The van der Waals surface area contributed by atoms with Gasteiger partial charge in [-0.3, -0.25) is 4.79 Å². The lowest BCUT2D eigenvalue weighted by molar-refractivity contribution is 0.102. The predicted molar refractivity (Wildman–Crippen MR) is 87.1 cm³/mol. The van der Waals surface area contributed by atoms with Gasteiger partial charge in [0, 0.05) is 17.8 Å². The van der Waals surface area contributed by atoms with Crippen LogP contribution in [0.3, 0.4) is 0 Å². The second kappa shape index (κ2) is 6.03. The Hall–Kier alpha value is -2.61. The number of carbonyl (C=O) groups excluding carboxylic acids is 1. The number of fused-ring (bicyclic) bond motifs is 1. The molecule has 0 unspecified atom stereocenters. The topological polar surface area (TPSA) is 72.2 Å². The van der Waals surface area contributed by atoms with E-state index in [4.69, 9.17) is 11.6 Å². The maximum absolute atomic E-state index is 13.4. The lowest BCUT2D eigenvalue weighted by atomic mass is 10.2. The number of alkyl halides is 2. The minimum atomic E-state index is -2.72. The van der Waals surface area contributed by atoms with E-state index >= 15 is 0 Å². The van der Waals surface area contributed by atoms with Crippen LogP contribution in [0.1, 0.15) is 46.9 Å². The van der Waals surface area contributed by atoms with E-state index in [0.29, 0.717) is 11.4 Å². The van der Waals surface area contributed by atoms with Gasteiger partial charge in [0.05, 0.1) is 11.9 Å².